The average Bonchev–Trinajstić information content (AvgIpc) is 2.80. The molecule has 0 aliphatic heterocycles. The molecule has 2 aromatic carbocycles. The molecule has 3 rings (SSSR count). The largest absolute Gasteiger partial charge is 0.490 e. The molecule has 0 unspecified atom stereocenters. The number of benzene rings is 2. The Kier molecular flexibility index (Phi) is 8.66. The number of anilines is 1. The van der Waals surface area contributed by atoms with Gasteiger partial charge in [-0.05, 0) is 69.0 Å². The third kappa shape index (κ3) is 5.82. The first-order valence-corrected chi connectivity index (χ1v) is 12.3. The van der Waals surface area contributed by atoms with Gasteiger partial charge >= 0.3 is 5.97 Å². The van der Waals surface area contributed by atoms with Crippen molar-refractivity contribution in [2.24, 2.45) is 0 Å². The van der Waals surface area contributed by atoms with Crippen LogP contribution in [0.2, 0.25) is 10.0 Å². The summed E-state index contributed by atoms with van der Waals surface area (Å²) in [5, 5.41) is 4.05. The van der Waals surface area contributed by atoms with E-state index in [1.807, 2.05) is 19.9 Å². The number of rotatable bonds is 8. The third-order valence-electron chi connectivity index (χ3n) is 6.22. The smallest absolute Gasteiger partial charge is 0.341 e. The first-order chi connectivity index (χ1) is 15.8. The van der Waals surface area contributed by atoms with E-state index in [0.717, 1.165) is 31.2 Å². The summed E-state index contributed by atoms with van der Waals surface area (Å²) in [5.41, 5.74) is 0.829. The summed E-state index contributed by atoms with van der Waals surface area (Å²) in [6, 6.07) is 10.4. The van der Waals surface area contributed by atoms with E-state index in [-0.39, 0.29) is 24.2 Å². The Morgan fingerprint density at radius 1 is 1.06 bits per heavy atom. The maximum Gasteiger partial charge on any atom is 0.341 e. The van der Waals surface area contributed by atoms with Crippen molar-refractivity contribution < 1.29 is 19.1 Å². The van der Waals surface area contributed by atoms with E-state index in [1.165, 1.54) is 0 Å². The number of hydrogen-bond donors (Lipinski definition) is 1. The molecule has 0 heterocycles. The number of ether oxygens (including phenoxy) is 2. The van der Waals surface area contributed by atoms with Gasteiger partial charge in [0, 0.05) is 15.7 Å². The number of esters is 1. The van der Waals surface area contributed by atoms with Gasteiger partial charge in [0.05, 0.1) is 18.1 Å². The molecule has 0 bridgehead atoms. The Bertz CT molecular complexity index is 1000. The predicted molar refractivity (Wildman–Crippen MR) is 133 cm³/mol. The van der Waals surface area contributed by atoms with Crippen molar-refractivity contribution in [3.05, 3.63) is 57.6 Å². The van der Waals surface area contributed by atoms with E-state index in [4.69, 9.17) is 32.7 Å². The van der Waals surface area contributed by atoms with E-state index in [1.54, 1.807) is 37.3 Å². The molecule has 0 saturated heterocycles. The van der Waals surface area contributed by atoms with Crippen LogP contribution < -0.4 is 10.1 Å². The van der Waals surface area contributed by atoms with Crippen molar-refractivity contribution in [1.29, 1.82) is 0 Å². The topological polar surface area (TPSA) is 64.6 Å². The first-order valence-electron chi connectivity index (χ1n) is 11.6. The van der Waals surface area contributed by atoms with Crippen LogP contribution in [0.25, 0.3) is 0 Å². The highest BCUT2D eigenvalue weighted by Crippen LogP contribution is 2.44. The molecule has 1 aliphatic rings. The minimum absolute atomic E-state index is 0.0591. The molecule has 0 spiro atoms. The van der Waals surface area contributed by atoms with E-state index in [9.17, 15) is 9.59 Å². The number of carbonyl (C=O) groups is 2. The van der Waals surface area contributed by atoms with Crippen LogP contribution in [0.5, 0.6) is 5.75 Å². The van der Waals surface area contributed by atoms with Gasteiger partial charge in [0.1, 0.15) is 11.3 Å². The SMILES string of the molecule is CCOC(=O)c1cc(NC(=O)C2(c3ccc(Cl)cc3Cl)CCCCC2)ccc1O[C@H](C)CC. The molecule has 1 amide bonds. The maximum atomic E-state index is 13.7. The second-order valence-electron chi connectivity index (χ2n) is 8.49. The fraction of sp³-hybridized carbons (Fsp3) is 0.462. The molecule has 1 saturated carbocycles. The first kappa shape index (κ1) is 25.4. The zero-order chi connectivity index (χ0) is 24.0. The molecule has 1 N–H and O–H groups in total. The van der Waals surface area contributed by atoms with Crippen LogP contribution in [0.1, 0.15) is 75.2 Å². The second-order valence-corrected chi connectivity index (χ2v) is 9.33. The molecule has 7 heteroatoms. The molecule has 2 aromatic rings. The van der Waals surface area contributed by atoms with Crippen molar-refractivity contribution >= 4 is 40.8 Å². The Labute approximate surface area is 205 Å². The van der Waals surface area contributed by atoms with Crippen molar-refractivity contribution in [2.45, 2.75) is 70.8 Å². The lowest BCUT2D eigenvalue weighted by Gasteiger charge is -2.37. The Hall–Kier alpha value is -2.24. The van der Waals surface area contributed by atoms with Crippen molar-refractivity contribution in [1.82, 2.24) is 0 Å². The molecule has 1 fully saturated rings. The molecule has 0 radical (unpaired) electrons. The van der Waals surface area contributed by atoms with Gasteiger partial charge in [-0.3, -0.25) is 4.79 Å². The lowest BCUT2D eigenvalue weighted by Crippen LogP contribution is -2.42. The van der Waals surface area contributed by atoms with Gasteiger partial charge in [-0.2, -0.15) is 0 Å². The minimum atomic E-state index is -0.754. The van der Waals surface area contributed by atoms with Crippen molar-refractivity contribution in [3.63, 3.8) is 0 Å². The van der Waals surface area contributed by atoms with Gasteiger partial charge in [-0.25, -0.2) is 4.79 Å². The Balaban J connectivity index is 1.95. The quantitative estimate of drug-likeness (QED) is 0.396. The van der Waals surface area contributed by atoms with Crippen LogP contribution >= 0.6 is 23.2 Å². The number of amides is 1. The monoisotopic (exact) mass is 491 g/mol. The van der Waals surface area contributed by atoms with E-state index >= 15 is 0 Å². The summed E-state index contributed by atoms with van der Waals surface area (Å²) >= 11 is 12.6. The molecular weight excluding hydrogens is 461 g/mol. The lowest BCUT2D eigenvalue weighted by atomic mass is 9.68. The van der Waals surface area contributed by atoms with Crippen LogP contribution in [0.4, 0.5) is 5.69 Å². The molecule has 178 valence electrons. The number of hydrogen-bond acceptors (Lipinski definition) is 4. The normalized spacial score (nSPS) is 16.0. The number of carbonyl (C=O) groups excluding carboxylic acids is 2. The minimum Gasteiger partial charge on any atom is -0.490 e. The van der Waals surface area contributed by atoms with Gasteiger partial charge < -0.3 is 14.8 Å². The van der Waals surface area contributed by atoms with Gasteiger partial charge in [0.2, 0.25) is 5.91 Å². The summed E-state index contributed by atoms with van der Waals surface area (Å²) in [6.07, 6.45) is 5.07. The van der Waals surface area contributed by atoms with Crippen molar-refractivity contribution in [3.8, 4) is 5.75 Å². The molecule has 1 aliphatic carbocycles. The molecular formula is C26H31Cl2NO4. The van der Waals surface area contributed by atoms with Crippen LogP contribution in [-0.4, -0.2) is 24.6 Å². The summed E-state index contributed by atoms with van der Waals surface area (Å²) in [5.74, 6) is -0.189. The van der Waals surface area contributed by atoms with Gasteiger partial charge in [0.15, 0.2) is 0 Å². The Morgan fingerprint density at radius 3 is 2.42 bits per heavy atom. The van der Waals surface area contributed by atoms with Crippen LogP contribution in [0, 0.1) is 0 Å². The fourth-order valence-corrected chi connectivity index (χ4v) is 4.87. The molecule has 33 heavy (non-hydrogen) atoms. The van der Waals surface area contributed by atoms with Crippen LogP contribution in [0.3, 0.4) is 0 Å². The molecule has 0 aromatic heterocycles. The van der Waals surface area contributed by atoms with Crippen LogP contribution in [-0.2, 0) is 14.9 Å². The van der Waals surface area contributed by atoms with Gasteiger partial charge in [-0.15, -0.1) is 0 Å². The third-order valence-corrected chi connectivity index (χ3v) is 6.77. The highest BCUT2D eigenvalue weighted by molar-refractivity contribution is 6.35. The summed E-state index contributed by atoms with van der Waals surface area (Å²) in [7, 11) is 0. The zero-order valence-corrected chi connectivity index (χ0v) is 20.9. The van der Waals surface area contributed by atoms with Crippen molar-refractivity contribution in [2.75, 3.05) is 11.9 Å². The maximum absolute atomic E-state index is 13.7. The predicted octanol–water partition coefficient (Wildman–Crippen LogP) is 7.19. The van der Waals surface area contributed by atoms with Gasteiger partial charge in [-0.1, -0.05) is 55.5 Å². The summed E-state index contributed by atoms with van der Waals surface area (Å²) in [6.45, 7) is 5.94. The number of halogens is 2. The van der Waals surface area contributed by atoms with E-state index in [0.29, 0.717) is 34.3 Å². The molecule has 5 nitrogen and oxygen atoms in total. The average molecular weight is 492 g/mol. The van der Waals surface area contributed by atoms with Crippen LogP contribution in [0.15, 0.2) is 36.4 Å². The van der Waals surface area contributed by atoms with E-state index in [2.05, 4.69) is 5.32 Å². The summed E-state index contributed by atoms with van der Waals surface area (Å²) < 4.78 is 11.1. The molecule has 1 atom stereocenters. The highest BCUT2D eigenvalue weighted by Gasteiger charge is 2.42. The van der Waals surface area contributed by atoms with Gasteiger partial charge in [0.25, 0.3) is 0 Å². The Morgan fingerprint density at radius 2 is 1.79 bits per heavy atom. The highest BCUT2D eigenvalue weighted by atomic mass is 35.5. The lowest BCUT2D eigenvalue weighted by molar-refractivity contribution is -0.122. The standard InChI is InChI=1S/C26H31Cl2NO4/c1-4-17(3)33-23-12-10-19(16-20(23)24(30)32-5-2)29-25(31)26(13-7-6-8-14-26)21-11-9-18(27)15-22(21)28/h9-12,15-17H,4-8,13-14H2,1-3H3,(H,29,31)/t17-/m1/s1. The summed E-state index contributed by atoms with van der Waals surface area (Å²) in [4.78, 5) is 26.3. The number of nitrogens with one attached hydrogen (secondary N) is 1. The second kappa shape index (κ2) is 11.3. The zero-order valence-electron chi connectivity index (χ0n) is 19.4. The fourth-order valence-electron chi connectivity index (χ4n) is 4.28. The van der Waals surface area contributed by atoms with E-state index < -0.39 is 11.4 Å².